The van der Waals surface area contributed by atoms with Crippen LogP contribution in [0.4, 0.5) is 20.2 Å². The third-order valence-electron chi connectivity index (χ3n) is 3.18. The molecule has 112 valence electrons. The van der Waals surface area contributed by atoms with Crippen molar-refractivity contribution in [3.8, 4) is 0 Å². The van der Waals surface area contributed by atoms with Crippen LogP contribution < -0.4 is 5.32 Å². The maximum atomic E-state index is 13.9. The lowest BCUT2D eigenvalue weighted by Gasteiger charge is -2.16. The average Bonchev–Trinajstić information content (AvgIpc) is 2.74. The molecule has 1 aromatic heterocycles. The average molecular weight is 312 g/mol. The highest BCUT2D eigenvalue weighted by Crippen LogP contribution is 2.34. The van der Waals surface area contributed by atoms with Gasteiger partial charge in [0.2, 0.25) is 0 Å². The Morgan fingerprint density at radius 3 is 2.52 bits per heavy atom. The number of benzene rings is 1. The molecule has 1 aromatic carbocycles. The number of nitrogens with zero attached hydrogens (tertiary/aromatic N) is 1. The molecule has 0 fully saturated rings. The standard InChI is InChI=1S/C14H14F2N2O2S/c1-7-6-10(9(3)21-7)8(2)17-14-12(18(19)20)5-4-11(15)13(14)16/h4-6,8,17H,1-3H3. The van der Waals surface area contributed by atoms with Crippen LogP contribution in [-0.4, -0.2) is 4.92 Å². The summed E-state index contributed by atoms with van der Waals surface area (Å²) >= 11 is 1.58. The van der Waals surface area contributed by atoms with E-state index in [0.717, 1.165) is 27.5 Å². The number of nitro benzene ring substituents is 1. The number of halogens is 2. The Bertz CT molecular complexity index is 701. The molecule has 1 atom stereocenters. The van der Waals surface area contributed by atoms with Gasteiger partial charge in [-0.05, 0) is 38.5 Å². The summed E-state index contributed by atoms with van der Waals surface area (Å²) in [5.74, 6) is -2.35. The van der Waals surface area contributed by atoms with Gasteiger partial charge in [-0.1, -0.05) is 0 Å². The first-order chi connectivity index (χ1) is 9.81. The third kappa shape index (κ3) is 3.02. The van der Waals surface area contributed by atoms with Gasteiger partial charge >= 0.3 is 0 Å². The number of nitro groups is 1. The third-order valence-corrected chi connectivity index (χ3v) is 4.16. The van der Waals surface area contributed by atoms with Crippen molar-refractivity contribution in [2.24, 2.45) is 0 Å². The van der Waals surface area contributed by atoms with Gasteiger partial charge in [-0.15, -0.1) is 11.3 Å². The monoisotopic (exact) mass is 312 g/mol. The van der Waals surface area contributed by atoms with Crippen molar-refractivity contribution in [3.63, 3.8) is 0 Å². The summed E-state index contributed by atoms with van der Waals surface area (Å²) in [4.78, 5) is 12.3. The van der Waals surface area contributed by atoms with E-state index in [2.05, 4.69) is 5.32 Å². The van der Waals surface area contributed by atoms with Crippen LogP contribution in [0.5, 0.6) is 0 Å². The van der Waals surface area contributed by atoms with Gasteiger partial charge in [0.25, 0.3) is 5.69 Å². The molecular weight excluding hydrogens is 298 g/mol. The number of thiophene rings is 1. The summed E-state index contributed by atoms with van der Waals surface area (Å²) in [7, 11) is 0. The van der Waals surface area contributed by atoms with Crippen LogP contribution in [0.1, 0.15) is 28.3 Å². The Hall–Kier alpha value is -2.02. The minimum Gasteiger partial charge on any atom is -0.370 e. The predicted octanol–water partition coefficient (Wildman–Crippen LogP) is 4.72. The molecule has 0 bridgehead atoms. The molecule has 1 heterocycles. The highest BCUT2D eigenvalue weighted by Gasteiger charge is 2.24. The molecule has 21 heavy (non-hydrogen) atoms. The van der Waals surface area contributed by atoms with E-state index in [4.69, 9.17) is 0 Å². The molecule has 0 saturated carbocycles. The largest absolute Gasteiger partial charge is 0.370 e. The van der Waals surface area contributed by atoms with Crippen molar-refractivity contribution in [1.29, 1.82) is 0 Å². The van der Waals surface area contributed by atoms with Crippen molar-refractivity contribution >= 4 is 22.7 Å². The molecule has 0 spiro atoms. The predicted molar refractivity (Wildman–Crippen MR) is 78.8 cm³/mol. The summed E-state index contributed by atoms with van der Waals surface area (Å²) in [6.07, 6.45) is 0. The van der Waals surface area contributed by atoms with Crippen LogP contribution in [0.3, 0.4) is 0 Å². The topological polar surface area (TPSA) is 55.2 Å². The molecule has 1 N–H and O–H groups in total. The van der Waals surface area contributed by atoms with Crippen molar-refractivity contribution in [1.82, 2.24) is 0 Å². The summed E-state index contributed by atoms with van der Waals surface area (Å²) < 4.78 is 27.2. The fourth-order valence-electron chi connectivity index (χ4n) is 2.20. The van der Waals surface area contributed by atoms with E-state index in [1.165, 1.54) is 0 Å². The summed E-state index contributed by atoms with van der Waals surface area (Å²) in [5.41, 5.74) is 0.0107. The molecule has 0 saturated heterocycles. The second kappa shape index (κ2) is 5.77. The maximum Gasteiger partial charge on any atom is 0.295 e. The summed E-state index contributed by atoms with van der Waals surface area (Å²) in [6.45, 7) is 5.61. The smallest absolute Gasteiger partial charge is 0.295 e. The van der Waals surface area contributed by atoms with E-state index in [1.54, 1.807) is 18.3 Å². The zero-order valence-corrected chi connectivity index (χ0v) is 12.6. The van der Waals surface area contributed by atoms with E-state index in [0.29, 0.717) is 0 Å². The quantitative estimate of drug-likeness (QED) is 0.656. The Balaban J connectivity index is 2.41. The molecule has 0 aliphatic heterocycles. The lowest BCUT2D eigenvalue weighted by atomic mass is 10.1. The van der Waals surface area contributed by atoms with E-state index in [1.807, 2.05) is 19.9 Å². The zero-order chi connectivity index (χ0) is 15.7. The molecule has 2 rings (SSSR count). The van der Waals surface area contributed by atoms with Gasteiger partial charge < -0.3 is 5.32 Å². The SMILES string of the molecule is Cc1cc(C(C)Nc2c([N+](=O)[O-])ccc(F)c2F)c(C)s1. The highest BCUT2D eigenvalue weighted by atomic mass is 32.1. The summed E-state index contributed by atoms with van der Waals surface area (Å²) in [6, 6.07) is 3.27. The number of hydrogen-bond acceptors (Lipinski definition) is 4. The first-order valence-corrected chi connectivity index (χ1v) is 7.08. The Morgan fingerprint density at radius 1 is 1.33 bits per heavy atom. The summed E-state index contributed by atoms with van der Waals surface area (Å²) in [5, 5.41) is 13.7. The van der Waals surface area contributed by atoms with Gasteiger partial charge in [0, 0.05) is 21.9 Å². The number of aryl methyl sites for hydroxylation is 2. The molecular formula is C14H14F2N2O2S. The molecule has 1 unspecified atom stereocenters. The van der Waals surface area contributed by atoms with Gasteiger partial charge in [-0.3, -0.25) is 10.1 Å². The van der Waals surface area contributed by atoms with Gasteiger partial charge in [-0.2, -0.15) is 0 Å². The van der Waals surface area contributed by atoms with Crippen LogP contribution in [0.15, 0.2) is 18.2 Å². The first kappa shape index (κ1) is 15.4. The van der Waals surface area contributed by atoms with E-state index in [-0.39, 0.29) is 6.04 Å². The lowest BCUT2D eigenvalue weighted by molar-refractivity contribution is -0.384. The highest BCUT2D eigenvalue weighted by molar-refractivity contribution is 7.12. The molecule has 0 radical (unpaired) electrons. The minimum absolute atomic E-state index is 0.370. The van der Waals surface area contributed by atoms with Crippen LogP contribution in [0.25, 0.3) is 0 Å². The Morgan fingerprint density at radius 2 is 2.00 bits per heavy atom. The fourth-order valence-corrected chi connectivity index (χ4v) is 3.23. The van der Waals surface area contributed by atoms with Crippen LogP contribution in [0, 0.1) is 35.6 Å². The second-order valence-corrected chi connectivity index (χ2v) is 6.21. The van der Waals surface area contributed by atoms with Gasteiger partial charge in [0.05, 0.1) is 4.92 Å². The van der Waals surface area contributed by atoms with Crippen LogP contribution in [0.2, 0.25) is 0 Å². The van der Waals surface area contributed by atoms with Crippen LogP contribution in [-0.2, 0) is 0 Å². The number of hydrogen-bond donors (Lipinski definition) is 1. The van der Waals surface area contributed by atoms with E-state index in [9.17, 15) is 18.9 Å². The molecule has 0 aliphatic rings. The Labute approximate surface area is 124 Å². The van der Waals surface area contributed by atoms with Crippen molar-refractivity contribution in [3.05, 3.63) is 55.3 Å². The minimum atomic E-state index is -1.24. The number of anilines is 1. The number of nitrogens with one attached hydrogen (secondary N) is 1. The molecule has 2 aromatic rings. The van der Waals surface area contributed by atoms with Crippen molar-refractivity contribution in [2.75, 3.05) is 5.32 Å². The van der Waals surface area contributed by atoms with E-state index >= 15 is 0 Å². The molecule has 4 nitrogen and oxygen atoms in total. The molecule has 0 amide bonds. The fraction of sp³-hybridized carbons (Fsp3) is 0.286. The molecule has 0 aliphatic carbocycles. The second-order valence-electron chi connectivity index (χ2n) is 4.75. The first-order valence-electron chi connectivity index (χ1n) is 6.27. The van der Waals surface area contributed by atoms with Crippen molar-refractivity contribution < 1.29 is 13.7 Å². The number of rotatable bonds is 4. The van der Waals surface area contributed by atoms with Crippen molar-refractivity contribution in [2.45, 2.75) is 26.8 Å². The normalized spacial score (nSPS) is 12.2. The maximum absolute atomic E-state index is 13.9. The van der Waals surface area contributed by atoms with Gasteiger partial charge in [0.15, 0.2) is 17.3 Å². The van der Waals surface area contributed by atoms with E-state index < -0.39 is 27.9 Å². The zero-order valence-electron chi connectivity index (χ0n) is 11.7. The van der Waals surface area contributed by atoms with Crippen LogP contribution >= 0.6 is 11.3 Å². The Kier molecular flexibility index (Phi) is 4.22. The lowest BCUT2D eigenvalue weighted by Crippen LogP contribution is -2.11. The van der Waals surface area contributed by atoms with Gasteiger partial charge in [0.1, 0.15) is 0 Å². The van der Waals surface area contributed by atoms with Gasteiger partial charge in [-0.25, -0.2) is 8.78 Å². The molecule has 7 heteroatoms.